The van der Waals surface area contributed by atoms with Crippen molar-refractivity contribution in [3.8, 4) is 0 Å². The van der Waals surface area contributed by atoms with Gasteiger partial charge in [-0.1, -0.05) is 13.3 Å². The third kappa shape index (κ3) is 2.33. The lowest BCUT2D eigenvalue weighted by molar-refractivity contribution is -0.161. The van der Waals surface area contributed by atoms with E-state index in [2.05, 4.69) is 6.92 Å². The molecule has 0 bridgehead atoms. The van der Waals surface area contributed by atoms with Crippen molar-refractivity contribution in [3.05, 3.63) is 0 Å². The van der Waals surface area contributed by atoms with Gasteiger partial charge in [0.05, 0.1) is 0 Å². The largest absolute Gasteiger partial charge is 0.461 e. The summed E-state index contributed by atoms with van der Waals surface area (Å²) in [6.07, 6.45) is 7.27. The van der Waals surface area contributed by atoms with Gasteiger partial charge in [0.15, 0.2) is 0 Å². The lowest BCUT2D eigenvalue weighted by Gasteiger charge is -2.37. The van der Waals surface area contributed by atoms with Crippen molar-refractivity contribution < 1.29 is 9.53 Å². The molecule has 0 saturated heterocycles. The molecule has 2 unspecified atom stereocenters. The fraction of sp³-hybridized carbons (Fsp3) is 0.917. The molecule has 0 amide bonds. The van der Waals surface area contributed by atoms with Crippen LogP contribution in [0.3, 0.4) is 0 Å². The number of hydrogen-bond acceptors (Lipinski definition) is 3. The van der Waals surface area contributed by atoms with Crippen LogP contribution in [0.4, 0.5) is 0 Å². The third-order valence-electron chi connectivity index (χ3n) is 3.81. The number of carbonyl (C=O) groups is 1. The normalized spacial score (nSPS) is 34.3. The zero-order valence-corrected chi connectivity index (χ0v) is 9.50. The van der Waals surface area contributed by atoms with Gasteiger partial charge in [0.2, 0.25) is 0 Å². The summed E-state index contributed by atoms with van der Waals surface area (Å²) in [6, 6.07) is 0. The Balaban J connectivity index is 1.83. The van der Waals surface area contributed by atoms with Gasteiger partial charge < -0.3 is 10.5 Å². The molecule has 2 fully saturated rings. The summed E-state index contributed by atoms with van der Waals surface area (Å²) in [5.74, 6) is 0.527. The minimum atomic E-state index is -0.638. The molecule has 0 aromatic carbocycles. The van der Waals surface area contributed by atoms with Crippen LogP contribution < -0.4 is 5.73 Å². The number of rotatable bonds is 2. The molecular weight excluding hydrogens is 190 g/mol. The average Bonchev–Trinajstić information content (AvgIpc) is 2.14. The molecule has 0 aromatic heterocycles. The quantitative estimate of drug-likeness (QED) is 0.711. The van der Waals surface area contributed by atoms with Crippen molar-refractivity contribution in [2.75, 3.05) is 0 Å². The van der Waals surface area contributed by atoms with E-state index in [0.717, 1.165) is 32.1 Å². The van der Waals surface area contributed by atoms with E-state index in [4.69, 9.17) is 10.5 Å². The third-order valence-corrected chi connectivity index (χ3v) is 3.81. The minimum absolute atomic E-state index is 0.127. The molecule has 2 saturated carbocycles. The number of esters is 1. The van der Waals surface area contributed by atoms with Gasteiger partial charge in [0, 0.05) is 0 Å². The van der Waals surface area contributed by atoms with E-state index in [1.807, 2.05) is 0 Å². The van der Waals surface area contributed by atoms with E-state index in [1.165, 1.54) is 12.8 Å². The molecule has 2 aliphatic rings. The highest BCUT2D eigenvalue weighted by molar-refractivity contribution is 5.81. The maximum absolute atomic E-state index is 11.8. The van der Waals surface area contributed by atoms with Gasteiger partial charge in [-0.3, -0.25) is 4.79 Å². The second kappa shape index (κ2) is 4.12. The fourth-order valence-electron chi connectivity index (χ4n) is 2.52. The molecule has 0 spiro atoms. The second-order valence-corrected chi connectivity index (χ2v) is 5.31. The minimum Gasteiger partial charge on any atom is -0.461 e. The van der Waals surface area contributed by atoms with Crippen molar-refractivity contribution in [1.29, 1.82) is 0 Å². The molecule has 2 aliphatic carbocycles. The molecule has 2 atom stereocenters. The Kier molecular flexibility index (Phi) is 3.01. The van der Waals surface area contributed by atoms with Gasteiger partial charge in [0.1, 0.15) is 11.6 Å². The number of hydrogen-bond donors (Lipinski definition) is 1. The summed E-state index contributed by atoms with van der Waals surface area (Å²) in [6.45, 7) is 2.22. The van der Waals surface area contributed by atoms with Gasteiger partial charge >= 0.3 is 5.97 Å². The summed E-state index contributed by atoms with van der Waals surface area (Å²) in [7, 11) is 0. The Morgan fingerprint density at radius 2 is 2.07 bits per heavy atom. The maximum Gasteiger partial charge on any atom is 0.326 e. The molecule has 0 radical (unpaired) electrons. The Labute approximate surface area is 91.4 Å². The Hall–Kier alpha value is -0.570. The first kappa shape index (κ1) is 10.9. The highest BCUT2D eigenvalue weighted by Gasteiger charge is 2.42. The first-order valence-corrected chi connectivity index (χ1v) is 6.10. The van der Waals surface area contributed by atoms with Gasteiger partial charge in [-0.2, -0.15) is 0 Å². The molecule has 2 rings (SSSR count). The second-order valence-electron chi connectivity index (χ2n) is 5.31. The molecule has 0 heterocycles. The molecule has 3 nitrogen and oxygen atoms in total. The van der Waals surface area contributed by atoms with Crippen LogP contribution in [0.2, 0.25) is 0 Å². The molecule has 86 valence electrons. The molecule has 0 aromatic rings. The number of carbonyl (C=O) groups excluding carboxylic acids is 1. The van der Waals surface area contributed by atoms with Crippen molar-refractivity contribution >= 4 is 5.97 Å². The zero-order valence-electron chi connectivity index (χ0n) is 9.50. The van der Waals surface area contributed by atoms with Crippen LogP contribution in [0.15, 0.2) is 0 Å². The first-order valence-electron chi connectivity index (χ1n) is 6.10. The van der Waals surface area contributed by atoms with E-state index in [0.29, 0.717) is 5.92 Å². The van der Waals surface area contributed by atoms with Gasteiger partial charge in [0.25, 0.3) is 0 Å². The van der Waals surface area contributed by atoms with Crippen molar-refractivity contribution in [3.63, 3.8) is 0 Å². The predicted octanol–water partition coefficient (Wildman–Crippen LogP) is 1.99. The highest BCUT2D eigenvalue weighted by Crippen LogP contribution is 2.32. The number of nitrogens with two attached hydrogens (primary N) is 1. The summed E-state index contributed by atoms with van der Waals surface area (Å²) < 4.78 is 5.50. The smallest absolute Gasteiger partial charge is 0.326 e. The van der Waals surface area contributed by atoms with Crippen molar-refractivity contribution in [2.45, 2.75) is 63.5 Å². The van der Waals surface area contributed by atoms with E-state index in [1.54, 1.807) is 0 Å². The SMILES string of the molecule is CC1CCCC(OC(=O)C2(N)CCC2)C1. The molecular formula is C12H21NO2. The molecule has 3 heteroatoms. The summed E-state index contributed by atoms with van der Waals surface area (Å²) in [5.41, 5.74) is 5.29. The summed E-state index contributed by atoms with van der Waals surface area (Å²) in [4.78, 5) is 11.8. The standard InChI is InChI=1S/C12H21NO2/c1-9-4-2-5-10(8-9)15-11(14)12(13)6-3-7-12/h9-10H,2-8,13H2,1H3. The lowest BCUT2D eigenvalue weighted by Crippen LogP contribution is -2.55. The van der Waals surface area contributed by atoms with Crippen LogP contribution in [-0.2, 0) is 9.53 Å². The van der Waals surface area contributed by atoms with Crippen LogP contribution >= 0.6 is 0 Å². The van der Waals surface area contributed by atoms with Crippen LogP contribution in [0.25, 0.3) is 0 Å². The number of ether oxygens (including phenoxy) is 1. The lowest BCUT2D eigenvalue weighted by atomic mass is 9.77. The van der Waals surface area contributed by atoms with Gasteiger partial charge in [-0.25, -0.2) is 0 Å². The first-order chi connectivity index (χ1) is 7.10. The zero-order chi connectivity index (χ0) is 10.9. The van der Waals surface area contributed by atoms with Crippen LogP contribution in [0, 0.1) is 5.92 Å². The van der Waals surface area contributed by atoms with Gasteiger partial charge in [-0.05, 0) is 44.4 Å². The summed E-state index contributed by atoms with van der Waals surface area (Å²) >= 11 is 0. The summed E-state index contributed by atoms with van der Waals surface area (Å²) in [5, 5.41) is 0. The molecule has 0 aliphatic heterocycles. The van der Waals surface area contributed by atoms with Crippen molar-refractivity contribution in [1.82, 2.24) is 0 Å². The topological polar surface area (TPSA) is 52.3 Å². The van der Waals surface area contributed by atoms with Crippen LogP contribution in [0.1, 0.15) is 51.9 Å². The van der Waals surface area contributed by atoms with Crippen LogP contribution in [-0.4, -0.2) is 17.6 Å². The van der Waals surface area contributed by atoms with Crippen molar-refractivity contribution in [2.24, 2.45) is 11.7 Å². The van der Waals surface area contributed by atoms with Crippen LogP contribution in [0.5, 0.6) is 0 Å². The maximum atomic E-state index is 11.8. The van der Waals surface area contributed by atoms with Gasteiger partial charge in [-0.15, -0.1) is 0 Å². The van der Waals surface area contributed by atoms with E-state index < -0.39 is 5.54 Å². The van der Waals surface area contributed by atoms with E-state index in [-0.39, 0.29) is 12.1 Å². The predicted molar refractivity (Wildman–Crippen MR) is 58.3 cm³/mol. The van der Waals surface area contributed by atoms with E-state index >= 15 is 0 Å². The average molecular weight is 211 g/mol. The fourth-order valence-corrected chi connectivity index (χ4v) is 2.52. The monoisotopic (exact) mass is 211 g/mol. The highest BCUT2D eigenvalue weighted by atomic mass is 16.5. The van der Waals surface area contributed by atoms with E-state index in [9.17, 15) is 4.79 Å². The Bertz CT molecular complexity index is 248. The Morgan fingerprint density at radius 1 is 1.33 bits per heavy atom. The Morgan fingerprint density at radius 3 is 2.60 bits per heavy atom. The molecule has 15 heavy (non-hydrogen) atoms. The molecule has 2 N–H and O–H groups in total.